The molecule has 1 saturated heterocycles. The number of oxime groups is 1. The SMILES string of the molecule is CC1NCCON=Cc2c(N)ncnc2N2CCC(C2)NC(=O)Nc2ccc1cc2. The minimum atomic E-state index is -0.226. The van der Waals surface area contributed by atoms with Gasteiger partial charge in [-0.3, -0.25) is 0 Å². The smallest absolute Gasteiger partial charge is 0.319 e. The van der Waals surface area contributed by atoms with Crippen LogP contribution in [0.1, 0.15) is 30.5 Å². The Labute approximate surface area is 174 Å². The Bertz CT molecular complexity index is 918. The van der Waals surface area contributed by atoms with E-state index >= 15 is 0 Å². The number of anilines is 3. The van der Waals surface area contributed by atoms with Crippen LogP contribution < -0.4 is 26.6 Å². The number of fused-ring (bicyclic) bond motifs is 9. The van der Waals surface area contributed by atoms with E-state index < -0.39 is 0 Å². The number of nitrogens with zero attached hydrogens (tertiary/aromatic N) is 4. The molecule has 0 radical (unpaired) electrons. The topological polar surface area (TPSA) is 130 Å². The standard InChI is InChI=1S/C20H26N8O2/c1-13-14-2-4-15(5-3-14)26-20(29)27-16-6-8-28(11-16)19-17(18(21)23-12-24-19)10-25-30-9-7-22-13/h2-5,10,12-13,16,22H,6-9,11H2,1H3,(H2,21,23,24)(H2,26,27,29). The minimum absolute atomic E-state index is 0.00666. The number of benzene rings is 1. The normalized spacial score (nSPS) is 22.2. The number of amides is 2. The van der Waals surface area contributed by atoms with Gasteiger partial charge in [-0.15, -0.1) is 0 Å². The highest BCUT2D eigenvalue weighted by Crippen LogP contribution is 2.24. The van der Waals surface area contributed by atoms with Crippen LogP contribution in [0.25, 0.3) is 0 Å². The van der Waals surface area contributed by atoms with E-state index in [2.05, 4.69) is 42.9 Å². The number of nitrogens with one attached hydrogen (secondary N) is 3. The third kappa shape index (κ3) is 4.60. The van der Waals surface area contributed by atoms with Gasteiger partial charge in [0.15, 0.2) is 0 Å². The summed E-state index contributed by atoms with van der Waals surface area (Å²) in [6.45, 7) is 4.46. The number of rotatable bonds is 0. The monoisotopic (exact) mass is 410 g/mol. The maximum atomic E-state index is 12.4. The predicted octanol–water partition coefficient (Wildman–Crippen LogP) is 1.47. The molecule has 4 heterocycles. The van der Waals surface area contributed by atoms with Gasteiger partial charge in [-0.05, 0) is 31.0 Å². The Morgan fingerprint density at radius 2 is 2.07 bits per heavy atom. The largest absolute Gasteiger partial charge is 0.394 e. The van der Waals surface area contributed by atoms with Crippen LogP contribution in [0.5, 0.6) is 0 Å². The van der Waals surface area contributed by atoms with Gasteiger partial charge in [0.2, 0.25) is 0 Å². The van der Waals surface area contributed by atoms with Crippen molar-refractivity contribution in [2.24, 2.45) is 5.16 Å². The molecule has 5 rings (SSSR count). The van der Waals surface area contributed by atoms with Crippen molar-refractivity contribution in [2.45, 2.75) is 25.4 Å². The van der Waals surface area contributed by atoms with Crippen molar-refractivity contribution >= 4 is 29.6 Å². The molecule has 2 amide bonds. The maximum Gasteiger partial charge on any atom is 0.319 e. The molecule has 2 atom stereocenters. The molecule has 1 aromatic heterocycles. The minimum Gasteiger partial charge on any atom is -0.394 e. The highest BCUT2D eigenvalue weighted by molar-refractivity contribution is 5.92. The molecule has 2 unspecified atom stereocenters. The maximum absolute atomic E-state index is 12.4. The van der Waals surface area contributed by atoms with Gasteiger partial charge in [0.05, 0.1) is 11.8 Å². The van der Waals surface area contributed by atoms with Crippen molar-refractivity contribution in [3.05, 3.63) is 41.7 Å². The molecular weight excluding hydrogens is 384 g/mol. The van der Waals surface area contributed by atoms with Gasteiger partial charge in [-0.1, -0.05) is 17.3 Å². The fourth-order valence-corrected chi connectivity index (χ4v) is 3.64. The summed E-state index contributed by atoms with van der Waals surface area (Å²) >= 11 is 0. The third-order valence-corrected chi connectivity index (χ3v) is 5.29. The fourth-order valence-electron chi connectivity index (χ4n) is 3.64. The Hall–Kier alpha value is -3.40. The van der Waals surface area contributed by atoms with E-state index in [0.29, 0.717) is 36.9 Å². The summed E-state index contributed by atoms with van der Waals surface area (Å²) in [4.78, 5) is 28.3. The number of hydrogen-bond donors (Lipinski definition) is 4. The van der Waals surface area contributed by atoms with E-state index in [4.69, 9.17) is 10.6 Å². The fraction of sp³-hybridized carbons (Fsp3) is 0.400. The summed E-state index contributed by atoms with van der Waals surface area (Å²) in [7, 11) is 0. The number of nitrogens with two attached hydrogens (primary N) is 1. The van der Waals surface area contributed by atoms with Crippen molar-refractivity contribution in [2.75, 3.05) is 42.2 Å². The zero-order valence-electron chi connectivity index (χ0n) is 16.8. The Balaban J connectivity index is 1.56. The number of hydrogen-bond acceptors (Lipinski definition) is 8. The van der Waals surface area contributed by atoms with Crippen LogP contribution in [0.3, 0.4) is 0 Å². The lowest BCUT2D eigenvalue weighted by Gasteiger charge is -2.20. The van der Waals surface area contributed by atoms with Crippen LogP contribution in [0.2, 0.25) is 0 Å². The van der Waals surface area contributed by atoms with Crippen LogP contribution >= 0.6 is 0 Å². The summed E-state index contributed by atoms with van der Waals surface area (Å²) in [5.74, 6) is 1.01. The first kappa shape index (κ1) is 19.9. The van der Waals surface area contributed by atoms with Crippen LogP contribution in [0.15, 0.2) is 35.7 Å². The van der Waals surface area contributed by atoms with Gasteiger partial charge >= 0.3 is 6.03 Å². The highest BCUT2D eigenvalue weighted by Gasteiger charge is 2.27. The first-order valence-corrected chi connectivity index (χ1v) is 10.0. The third-order valence-electron chi connectivity index (χ3n) is 5.29. The van der Waals surface area contributed by atoms with Crippen LogP contribution in [-0.2, 0) is 4.84 Å². The molecule has 30 heavy (non-hydrogen) atoms. The average Bonchev–Trinajstić information content (AvgIpc) is 3.19. The molecule has 3 aliphatic heterocycles. The summed E-state index contributed by atoms with van der Waals surface area (Å²) < 4.78 is 0. The molecule has 2 aromatic rings. The summed E-state index contributed by atoms with van der Waals surface area (Å²) in [5, 5.41) is 13.4. The molecule has 0 spiro atoms. The van der Waals surface area contributed by atoms with Crippen molar-refractivity contribution in [3.8, 4) is 0 Å². The average molecular weight is 410 g/mol. The van der Waals surface area contributed by atoms with E-state index in [1.54, 1.807) is 6.21 Å². The van der Waals surface area contributed by atoms with Crippen LogP contribution in [0, 0.1) is 0 Å². The Morgan fingerprint density at radius 1 is 1.23 bits per heavy atom. The summed E-state index contributed by atoms with van der Waals surface area (Å²) in [6, 6.07) is 7.70. The molecule has 0 aliphatic carbocycles. The van der Waals surface area contributed by atoms with Gasteiger partial charge in [0.25, 0.3) is 0 Å². The highest BCUT2D eigenvalue weighted by atomic mass is 16.6. The summed E-state index contributed by atoms with van der Waals surface area (Å²) in [5.41, 5.74) is 8.53. The van der Waals surface area contributed by atoms with Crippen molar-refractivity contribution in [3.63, 3.8) is 0 Å². The zero-order valence-corrected chi connectivity index (χ0v) is 16.8. The molecule has 1 aromatic carbocycles. The lowest BCUT2D eigenvalue weighted by atomic mass is 10.1. The second kappa shape index (κ2) is 8.95. The Kier molecular flexibility index (Phi) is 5.94. The quantitative estimate of drug-likeness (QED) is 0.517. The predicted molar refractivity (Wildman–Crippen MR) is 116 cm³/mol. The number of nitrogen functional groups attached to an aromatic ring is 1. The van der Waals surface area contributed by atoms with Gasteiger partial charge in [-0.2, -0.15) is 0 Å². The molecule has 10 nitrogen and oxygen atoms in total. The van der Waals surface area contributed by atoms with Crippen LogP contribution in [0.4, 0.5) is 22.1 Å². The van der Waals surface area contributed by atoms with E-state index in [0.717, 1.165) is 24.2 Å². The number of carbonyl (C=O) groups excluding carboxylic acids is 1. The molecule has 158 valence electrons. The Morgan fingerprint density at radius 3 is 2.90 bits per heavy atom. The van der Waals surface area contributed by atoms with Crippen molar-refractivity contribution in [1.29, 1.82) is 0 Å². The second-order valence-electron chi connectivity index (χ2n) is 7.39. The van der Waals surface area contributed by atoms with E-state index in [1.165, 1.54) is 6.33 Å². The molecule has 0 saturated carbocycles. The van der Waals surface area contributed by atoms with Gasteiger partial charge < -0.3 is 31.4 Å². The van der Waals surface area contributed by atoms with Crippen molar-refractivity contribution in [1.82, 2.24) is 20.6 Å². The van der Waals surface area contributed by atoms with Gasteiger partial charge in [-0.25, -0.2) is 14.8 Å². The van der Waals surface area contributed by atoms with E-state index in [9.17, 15) is 4.79 Å². The summed E-state index contributed by atoms with van der Waals surface area (Å²) in [6.07, 6.45) is 3.78. The molecule has 1 fully saturated rings. The second-order valence-corrected chi connectivity index (χ2v) is 7.39. The van der Waals surface area contributed by atoms with E-state index in [1.807, 2.05) is 24.3 Å². The number of aromatic nitrogens is 2. The zero-order chi connectivity index (χ0) is 20.9. The first-order chi connectivity index (χ1) is 14.6. The molecule has 4 bridgehead atoms. The lowest BCUT2D eigenvalue weighted by molar-refractivity contribution is 0.145. The van der Waals surface area contributed by atoms with Gasteiger partial charge in [0.1, 0.15) is 24.6 Å². The number of carbonyl (C=O) groups is 1. The molecule has 10 heteroatoms. The first-order valence-electron chi connectivity index (χ1n) is 10.0. The van der Waals surface area contributed by atoms with E-state index in [-0.39, 0.29) is 18.1 Å². The van der Waals surface area contributed by atoms with Crippen LogP contribution in [-0.4, -0.2) is 54.5 Å². The molecule has 3 aliphatic rings. The molecule has 5 N–H and O–H groups in total. The van der Waals surface area contributed by atoms with Crippen molar-refractivity contribution < 1.29 is 9.63 Å². The van der Waals surface area contributed by atoms with Gasteiger partial charge in [0, 0.05) is 37.4 Å². The molecular formula is C20H26N8O2. The number of urea groups is 1. The lowest BCUT2D eigenvalue weighted by Crippen LogP contribution is -2.40.